The number of ether oxygens (including phenoxy) is 2. The average Bonchev–Trinajstić information content (AvgIpc) is 3.24. The van der Waals surface area contributed by atoms with E-state index in [0.29, 0.717) is 30.7 Å². The molecule has 1 saturated heterocycles. The van der Waals surface area contributed by atoms with E-state index < -0.39 is 41.7 Å². The zero-order chi connectivity index (χ0) is 32.9. The molecule has 1 unspecified atom stereocenters. The number of benzene rings is 2. The Labute approximate surface area is 259 Å². The van der Waals surface area contributed by atoms with Crippen LogP contribution in [0, 0.1) is 5.41 Å². The van der Waals surface area contributed by atoms with Crippen molar-refractivity contribution in [1.29, 1.82) is 0 Å². The van der Waals surface area contributed by atoms with E-state index in [9.17, 15) is 31.1 Å². The molecule has 11 heteroatoms. The number of hydrogen-bond donors (Lipinski definition) is 1. The summed E-state index contributed by atoms with van der Waals surface area (Å²) in [6, 6.07) is 6.85. The summed E-state index contributed by atoms with van der Waals surface area (Å²) in [5.41, 5.74) is 1.87. The second-order valence-electron chi connectivity index (χ2n) is 13.0. The Morgan fingerprint density at radius 3 is 2.27 bits per heavy atom. The molecule has 0 radical (unpaired) electrons. The van der Waals surface area contributed by atoms with Crippen molar-refractivity contribution in [1.82, 2.24) is 10.2 Å². The summed E-state index contributed by atoms with van der Waals surface area (Å²) < 4.78 is 92.7. The third kappa shape index (κ3) is 7.03. The second kappa shape index (κ2) is 12.0. The Hall–Kier alpha value is -3.47. The van der Waals surface area contributed by atoms with Crippen LogP contribution in [0.3, 0.4) is 0 Å². The SMILES string of the molecule is COc1ccc(C2=CC(C)NCC2)cc1C1=C(CN2C(=O)O[C@H](c3cc(C(F)(F)F)cc(C(F)(F)F)c3)[C@@H]2C)CC(C)(C)CC1. The molecule has 5 rings (SSSR count). The summed E-state index contributed by atoms with van der Waals surface area (Å²) in [6.45, 7) is 8.94. The zero-order valence-electron chi connectivity index (χ0n) is 26.0. The maximum absolute atomic E-state index is 13.6. The Morgan fingerprint density at radius 2 is 1.67 bits per heavy atom. The predicted octanol–water partition coefficient (Wildman–Crippen LogP) is 9.04. The molecular weight excluding hydrogens is 598 g/mol. The lowest BCUT2D eigenvalue weighted by molar-refractivity contribution is -0.143. The third-order valence-corrected chi connectivity index (χ3v) is 9.07. The predicted molar refractivity (Wildman–Crippen MR) is 159 cm³/mol. The van der Waals surface area contributed by atoms with Gasteiger partial charge in [-0.05, 0) is 110 Å². The first-order valence-electron chi connectivity index (χ1n) is 15.1. The first kappa shape index (κ1) is 32.9. The minimum absolute atomic E-state index is 0.0753. The van der Waals surface area contributed by atoms with Gasteiger partial charge in [-0.1, -0.05) is 26.0 Å². The largest absolute Gasteiger partial charge is 0.496 e. The van der Waals surface area contributed by atoms with Gasteiger partial charge in [-0.3, -0.25) is 4.90 Å². The number of rotatable bonds is 6. The van der Waals surface area contributed by atoms with E-state index in [1.54, 1.807) is 14.0 Å². The van der Waals surface area contributed by atoms with Gasteiger partial charge in [-0.25, -0.2) is 4.79 Å². The lowest BCUT2D eigenvalue weighted by Gasteiger charge is -2.36. The lowest BCUT2D eigenvalue weighted by Crippen LogP contribution is -2.35. The van der Waals surface area contributed by atoms with Crippen LogP contribution < -0.4 is 10.1 Å². The van der Waals surface area contributed by atoms with Gasteiger partial charge in [0.25, 0.3) is 0 Å². The fourth-order valence-corrected chi connectivity index (χ4v) is 6.66. The summed E-state index contributed by atoms with van der Waals surface area (Å²) in [5.74, 6) is 0.687. The van der Waals surface area contributed by atoms with Crippen LogP contribution in [-0.4, -0.2) is 43.3 Å². The maximum Gasteiger partial charge on any atom is 0.416 e. The highest BCUT2D eigenvalue weighted by Gasteiger charge is 2.44. The monoisotopic (exact) mass is 636 g/mol. The van der Waals surface area contributed by atoms with Crippen molar-refractivity contribution in [2.75, 3.05) is 20.2 Å². The maximum atomic E-state index is 13.6. The van der Waals surface area contributed by atoms with Crippen LogP contribution in [0.4, 0.5) is 31.1 Å². The van der Waals surface area contributed by atoms with Gasteiger partial charge in [0.2, 0.25) is 0 Å². The molecule has 3 aliphatic rings. The number of hydrogen-bond acceptors (Lipinski definition) is 4. The van der Waals surface area contributed by atoms with Crippen molar-refractivity contribution < 1.29 is 40.6 Å². The van der Waals surface area contributed by atoms with Crippen molar-refractivity contribution in [3.63, 3.8) is 0 Å². The minimum Gasteiger partial charge on any atom is -0.496 e. The van der Waals surface area contributed by atoms with Crippen LogP contribution in [-0.2, 0) is 17.1 Å². The van der Waals surface area contributed by atoms with Crippen molar-refractivity contribution >= 4 is 17.2 Å². The molecule has 0 saturated carbocycles. The minimum atomic E-state index is -5.01. The number of carbonyl (C=O) groups is 1. The Balaban J connectivity index is 1.53. The van der Waals surface area contributed by atoms with E-state index in [2.05, 4.69) is 38.2 Å². The van der Waals surface area contributed by atoms with Gasteiger partial charge >= 0.3 is 18.4 Å². The fourth-order valence-electron chi connectivity index (χ4n) is 6.66. The number of carbonyl (C=O) groups excluding carboxylic acids is 1. The molecule has 2 aliphatic heterocycles. The Kier molecular flexibility index (Phi) is 8.80. The average molecular weight is 637 g/mol. The third-order valence-electron chi connectivity index (χ3n) is 9.07. The number of methoxy groups -OCH3 is 1. The van der Waals surface area contributed by atoms with Crippen LogP contribution in [0.25, 0.3) is 11.1 Å². The highest BCUT2D eigenvalue weighted by Crippen LogP contribution is 2.47. The molecule has 1 fully saturated rings. The molecular formula is C34H38F6N2O3. The number of nitrogens with one attached hydrogen (secondary N) is 1. The van der Waals surface area contributed by atoms with Gasteiger partial charge in [0.1, 0.15) is 11.9 Å². The highest BCUT2D eigenvalue weighted by atomic mass is 19.4. The highest BCUT2D eigenvalue weighted by molar-refractivity contribution is 5.80. The molecule has 0 aromatic heterocycles. The number of cyclic esters (lactones) is 1. The number of nitrogens with zero attached hydrogens (tertiary/aromatic N) is 1. The molecule has 2 heterocycles. The first-order valence-corrected chi connectivity index (χ1v) is 15.1. The summed E-state index contributed by atoms with van der Waals surface area (Å²) in [7, 11) is 1.60. The lowest BCUT2D eigenvalue weighted by atomic mass is 9.72. The normalized spacial score (nSPS) is 24.1. The Morgan fingerprint density at radius 1 is 1.00 bits per heavy atom. The van der Waals surface area contributed by atoms with Crippen LogP contribution in [0.2, 0.25) is 0 Å². The molecule has 1 amide bonds. The molecule has 2 aromatic carbocycles. The summed E-state index contributed by atoms with van der Waals surface area (Å²) in [5, 5.41) is 3.41. The number of halogens is 6. The molecule has 0 bridgehead atoms. The van der Waals surface area contributed by atoms with Crippen LogP contribution in [0.1, 0.15) is 87.3 Å². The van der Waals surface area contributed by atoms with Crippen molar-refractivity contribution in [3.8, 4) is 5.75 Å². The van der Waals surface area contributed by atoms with Crippen molar-refractivity contribution in [2.45, 2.75) is 83.9 Å². The van der Waals surface area contributed by atoms with Gasteiger partial charge < -0.3 is 14.8 Å². The fraction of sp³-hybridized carbons (Fsp3) is 0.500. The van der Waals surface area contributed by atoms with Gasteiger partial charge in [0.15, 0.2) is 0 Å². The molecule has 5 nitrogen and oxygen atoms in total. The number of alkyl halides is 6. The van der Waals surface area contributed by atoms with E-state index in [4.69, 9.17) is 9.47 Å². The molecule has 0 spiro atoms. The number of allylic oxidation sites excluding steroid dienone is 1. The van der Waals surface area contributed by atoms with E-state index >= 15 is 0 Å². The van der Waals surface area contributed by atoms with Crippen LogP contribution in [0.15, 0.2) is 48.0 Å². The van der Waals surface area contributed by atoms with E-state index in [1.165, 1.54) is 10.5 Å². The van der Waals surface area contributed by atoms with Crippen molar-refractivity contribution in [3.05, 3.63) is 75.9 Å². The molecule has 1 aliphatic carbocycles. The first-order chi connectivity index (χ1) is 21.0. The Bertz CT molecular complexity index is 1490. The van der Waals surface area contributed by atoms with Gasteiger partial charge in [0, 0.05) is 18.2 Å². The standard InChI is InChI=1S/C34H38F6N2O3/c1-19-12-22(9-11-41-19)21-6-7-29(44-5)28(15-21)27-8-10-32(3,4)17-24(27)18-42-20(2)30(45-31(42)43)23-13-25(33(35,36)37)16-26(14-23)34(38,39)40/h6-7,12-16,19-20,30,41H,8-11,17-18H2,1-5H3/t19?,20-,30-/m0/s1. The summed E-state index contributed by atoms with van der Waals surface area (Å²) in [4.78, 5) is 14.6. The number of amides is 1. The van der Waals surface area contributed by atoms with Gasteiger partial charge in [-0.15, -0.1) is 0 Å². The molecule has 2 aromatic rings. The molecule has 45 heavy (non-hydrogen) atoms. The van der Waals surface area contributed by atoms with Crippen LogP contribution in [0.5, 0.6) is 5.75 Å². The molecule has 1 N–H and O–H groups in total. The molecule has 3 atom stereocenters. The quantitative estimate of drug-likeness (QED) is 0.322. The van der Waals surface area contributed by atoms with Gasteiger partial charge in [0.05, 0.1) is 24.3 Å². The zero-order valence-corrected chi connectivity index (χ0v) is 26.0. The topological polar surface area (TPSA) is 50.8 Å². The smallest absolute Gasteiger partial charge is 0.416 e. The van der Waals surface area contributed by atoms with Crippen molar-refractivity contribution in [2.24, 2.45) is 5.41 Å². The van der Waals surface area contributed by atoms with Gasteiger partial charge in [-0.2, -0.15) is 26.3 Å². The van der Waals surface area contributed by atoms with Crippen LogP contribution >= 0.6 is 0 Å². The van der Waals surface area contributed by atoms with E-state index in [-0.39, 0.29) is 29.6 Å². The molecule has 244 valence electrons. The van der Waals surface area contributed by atoms with E-state index in [1.807, 2.05) is 12.1 Å². The summed E-state index contributed by atoms with van der Waals surface area (Å²) in [6.07, 6.45) is -6.81. The second-order valence-corrected chi connectivity index (χ2v) is 13.0. The van der Waals surface area contributed by atoms with E-state index in [0.717, 1.165) is 41.7 Å². The summed E-state index contributed by atoms with van der Waals surface area (Å²) >= 11 is 0.